The van der Waals surface area contributed by atoms with Gasteiger partial charge in [-0.25, -0.2) is 4.98 Å². The van der Waals surface area contributed by atoms with Gasteiger partial charge in [0.05, 0.1) is 23.7 Å². The van der Waals surface area contributed by atoms with E-state index in [0.29, 0.717) is 35.6 Å². The van der Waals surface area contributed by atoms with Crippen LogP contribution in [0.5, 0.6) is 5.75 Å². The molecule has 4 rings (SSSR count). The monoisotopic (exact) mass is 349 g/mol. The Morgan fingerprint density at radius 1 is 1.12 bits per heavy atom. The van der Waals surface area contributed by atoms with E-state index >= 15 is 0 Å². The fourth-order valence-electron chi connectivity index (χ4n) is 3.25. The van der Waals surface area contributed by atoms with Crippen molar-refractivity contribution in [1.82, 2.24) is 24.1 Å². The van der Waals surface area contributed by atoms with Crippen LogP contribution < -0.4 is 10.3 Å². The molecule has 0 radical (unpaired) electrons. The van der Waals surface area contributed by atoms with Gasteiger partial charge in [0.2, 0.25) is 0 Å². The lowest BCUT2D eigenvalue weighted by Gasteiger charge is -2.11. The van der Waals surface area contributed by atoms with Crippen LogP contribution in [0.15, 0.2) is 41.3 Å². The van der Waals surface area contributed by atoms with E-state index in [4.69, 9.17) is 4.74 Å². The van der Waals surface area contributed by atoms with Crippen LogP contribution in [-0.4, -0.2) is 31.3 Å². The predicted octanol–water partition coefficient (Wildman–Crippen LogP) is 2.31. The molecule has 3 aromatic heterocycles. The van der Waals surface area contributed by atoms with Crippen LogP contribution in [0.25, 0.3) is 16.7 Å². The number of nitrogens with zero attached hydrogens (tertiary/aromatic N) is 5. The van der Waals surface area contributed by atoms with Crippen LogP contribution in [0, 0.1) is 13.8 Å². The van der Waals surface area contributed by atoms with Crippen molar-refractivity contribution in [2.24, 2.45) is 0 Å². The third kappa shape index (κ3) is 2.61. The lowest BCUT2D eigenvalue weighted by atomic mass is 10.1. The van der Waals surface area contributed by atoms with Crippen LogP contribution in [-0.2, 0) is 13.0 Å². The number of benzene rings is 1. The summed E-state index contributed by atoms with van der Waals surface area (Å²) in [4.78, 5) is 21.7. The van der Waals surface area contributed by atoms with E-state index in [1.807, 2.05) is 44.2 Å². The van der Waals surface area contributed by atoms with Gasteiger partial charge in [0.15, 0.2) is 0 Å². The molecular weight excluding hydrogens is 330 g/mol. The smallest absolute Gasteiger partial charge is 0.261 e. The lowest BCUT2D eigenvalue weighted by Crippen LogP contribution is -2.22. The van der Waals surface area contributed by atoms with E-state index in [1.54, 1.807) is 22.4 Å². The average molecular weight is 349 g/mol. The van der Waals surface area contributed by atoms with Gasteiger partial charge in [-0.3, -0.25) is 4.79 Å². The normalized spacial score (nSPS) is 11.3. The Hall–Kier alpha value is -3.22. The van der Waals surface area contributed by atoms with Crippen LogP contribution in [0.1, 0.15) is 17.1 Å². The Kier molecular flexibility index (Phi) is 3.91. The molecule has 0 aliphatic heterocycles. The zero-order chi connectivity index (χ0) is 18.3. The van der Waals surface area contributed by atoms with Crippen molar-refractivity contribution >= 4 is 16.7 Å². The summed E-state index contributed by atoms with van der Waals surface area (Å²) in [7, 11) is 1.65. The predicted molar refractivity (Wildman–Crippen MR) is 98.7 cm³/mol. The number of rotatable bonds is 4. The van der Waals surface area contributed by atoms with Crippen molar-refractivity contribution < 1.29 is 4.74 Å². The molecule has 0 aliphatic carbocycles. The Morgan fingerprint density at radius 3 is 2.73 bits per heavy atom. The molecule has 4 aromatic rings. The largest absolute Gasteiger partial charge is 0.496 e. The standard InChI is InChI=1S/C19H19N5O2/c1-12-17-15(24-19(20-12)21-13(2)22-24)9-11-23(18(17)25)10-8-14-6-4-5-7-16(14)26-3/h4-7,9,11H,8,10H2,1-3H3. The van der Waals surface area contributed by atoms with Crippen molar-refractivity contribution in [2.75, 3.05) is 7.11 Å². The zero-order valence-electron chi connectivity index (χ0n) is 14.9. The third-order valence-electron chi connectivity index (χ3n) is 4.51. The number of ether oxygens (including phenoxy) is 1. The maximum atomic E-state index is 13.0. The van der Waals surface area contributed by atoms with Crippen molar-refractivity contribution in [3.8, 4) is 5.75 Å². The highest BCUT2D eigenvalue weighted by Crippen LogP contribution is 2.19. The Morgan fingerprint density at radius 2 is 1.92 bits per heavy atom. The summed E-state index contributed by atoms with van der Waals surface area (Å²) in [6.45, 7) is 4.20. The van der Waals surface area contributed by atoms with Gasteiger partial charge in [-0.2, -0.15) is 9.50 Å². The summed E-state index contributed by atoms with van der Waals surface area (Å²) in [5.74, 6) is 1.97. The summed E-state index contributed by atoms with van der Waals surface area (Å²) >= 11 is 0. The average Bonchev–Trinajstić information content (AvgIpc) is 3.01. The highest BCUT2D eigenvalue weighted by Gasteiger charge is 2.13. The second-order valence-corrected chi connectivity index (χ2v) is 6.20. The Bertz CT molecular complexity index is 1180. The molecule has 26 heavy (non-hydrogen) atoms. The van der Waals surface area contributed by atoms with Gasteiger partial charge in [0.1, 0.15) is 11.6 Å². The molecule has 0 unspecified atom stereocenters. The first-order valence-corrected chi connectivity index (χ1v) is 8.43. The number of para-hydroxylation sites is 1. The summed E-state index contributed by atoms with van der Waals surface area (Å²) in [6.07, 6.45) is 2.50. The summed E-state index contributed by atoms with van der Waals surface area (Å²) in [6, 6.07) is 9.74. The van der Waals surface area contributed by atoms with Gasteiger partial charge in [-0.15, -0.1) is 5.10 Å². The number of methoxy groups -OCH3 is 1. The van der Waals surface area contributed by atoms with Gasteiger partial charge in [-0.1, -0.05) is 18.2 Å². The number of pyridine rings is 1. The molecule has 0 atom stereocenters. The molecule has 0 saturated carbocycles. The van der Waals surface area contributed by atoms with Gasteiger partial charge >= 0.3 is 0 Å². The fourth-order valence-corrected chi connectivity index (χ4v) is 3.25. The quantitative estimate of drug-likeness (QED) is 0.565. The second kappa shape index (κ2) is 6.25. The van der Waals surface area contributed by atoms with Crippen LogP contribution >= 0.6 is 0 Å². The van der Waals surface area contributed by atoms with E-state index in [1.165, 1.54) is 0 Å². The SMILES string of the molecule is COc1ccccc1CCn1ccc2c(c(C)nc3nc(C)nn32)c1=O. The molecule has 0 spiro atoms. The number of aromatic nitrogens is 5. The Labute approximate surface area is 149 Å². The molecule has 0 aliphatic rings. The number of hydrogen-bond acceptors (Lipinski definition) is 5. The molecule has 0 bridgehead atoms. The molecule has 0 amide bonds. The number of aryl methyl sites for hydroxylation is 4. The van der Waals surface area contributed by atoms with E-state index in [0.717, 1.165) is 16.8 Å². The van der Waals surface area contributed by atoms with Crippen molar-refractivity contribution in [2.45, 2.75) is 26.8 Å². The zero-order valence-corrected chi connectivity index (χ0v) is 14.9. The van der Waals surface area contributed by atoms with Crippen LogP contribution in [0.4, 0.5) is 0 Å². The van der Waals surface area contributed by atoms with Crippen molar-refractivity contribution in [1.29, 1.82) is 0 Å². The maximum absolute atomic E-state index is 13.0. The van der Waals surface area contributed by atoms with Gasteiger partial charge in [0, 0.05) is 12.7 Å². The van der Waals surface area contributed by atoms with Gasteiger partial charge in [-0.05, 0) is 38.0 Å². The van der Waals surface area contributed by atoms with Crippen molar-refractivity contribution in [3.05, 3.63) is 64.0 Å². The van der Waals surface area contributed by atoms with Crippen molar-refractivity contribution in [3.63, 3.8) is 0 Å². The summed E-state index contributed by atoms with van der Waals surface area (Å²) in [5, 5.41) is 4.92. The second-order valence-electron chi connectivity index (χ2n) is 6.20. The fraction of sp³-hybridized carbons (Fsp3) is 0.263. The molecule has 0 saturated heterocycles. The summed E-state index contributed by atoms with van der Waals surface area (Å²) < 4.78 is 8.72. The third-order valence-corrected chi connectivity index (χ3v) is 4.51. The van der Waals surface area contributed by atoms with Crippen LogP contribution in [0.2, 0.25) is 0 Å². The highest BCUT2D eigenvalue weighted by atomic mass is 16.5. The number of hydrogen-bond donors (Lipinski definition) is 0. The van der Waals surface area contributed by atoms with E-state index < -0.39 is 0 Å². The highest BCUT2D eigenvalue weighted by molar-refractivity contribution is 5.81. The molecule has 132 valence electrons. The van der Waals surface area contributed by atoms with E-state index in [9.17, 15) is 4.79 Å². The topological polar surface area (TPSA) is 74.3 Å². The molecule has 0 N–H and O–H groups in total. The molecule has 7 heteroatoms. The van der Waals surface area contributed by atoms with Gasteiger partial charge in [0.25, 0.3) is 11.3 Å². The van der Waals surface area contributed by atoms with E-state index in [2.05, 4.69) is 15.1 Å². The minimum absolute atomic E-state index is 0.0718. The molecule has 1 aromatic carbocycles. The lowest BCUT2D eigenvalue weighted by molar-refractivity contribution is 0.408. The summed E-state index contributed by atoms with van der Waals surface area (Å²) in [5.41, 5.74) is 2.39. The maximum Gasteiger partial charge on any atom is 0.261 e. The first kappa shape index (κ1) is 16.3. The molecular formula is C19H19N5O2. The van der Waals surface area contributed by atoms with E-state index in [-0.39, 0.29) is 5.56 Å². The Balaban J connectivity index is 1.77. The molecule has 3 heterocycles. The minimum Gasteiger partial charge on any atom is -0.496 e. The van der Waals surface area contributed by atoms with Gasteiger partial charge < -0.3 is 9.30 Å². The molecule has 7 nitrogen and oxygen atoms in total. The molecule has 0 fully saturated rings. The minimum atomic E-state index is -0.0718. The first-order valence-electron chi connectivity index (χ1n) is 8.43. The van der Waals surface area contributed by atoms with Crippen LogP contribution in [0.3, 0.4) is 0 Å². The first-order chi connectivity index (χ1) is 12.6. The number of fused-ring (bicyclic) bond motifs is 3.